The van der Waals surface area contributed by atoms with Gasteiger partial charge in [0.25, 0.3) is 11.6 Å². The number of hydrogen-bond acceptors (Lipinski definition) is 4. The molecule has 1 aromatic rings. The topological polar surface area (TPSA) is 89.2 Å². The van der Waals surface area contributed by atoms with Crippen molar-refractivity contribution in [2.45, 2.75) is 12.5 Å². The zero-order valence-corrected chi connectivity index (χ0v) is 9.47. The van der Waals surface area contributed by atoms with E-state index in [1.807, 2.05) is 0 Å². The fourth-order valence-corrected chi connectivity index (χ4v) is 1.91. The second kappa shape index (κ2) is 4.54. The molecule has 1 unspecified atom stereocenters. The maximum Gasteiger partial charge on any atom is 0.287 e. The summed E-state index contributed by atoms with van der Waals surface area (Å²) in [7, 11) is 1.62. The molecule has 17 heavy (non-hydrogen) atoms. The molecule has 1 aliphatic rings. The summed E-state index contributed by atoms with van der Waals surface area (Å²) in [6, 6.07) is 1.40. The van der Waals surface area contributed by atoms with E-state index in [1.165, 1.54) is 16.8 Å². The average Bonchev–Trinajstić information content (AvgIpc) is 2.86. The van der Waals surface area contributed by atoms with Crippen LogP contribution in [0.3, 0.4) is 0 Å². The summed E-state index contributed by atoms with van der Waals surface area (Å²) in [5.74, 6) is -0.269. The molecule has 0 aromatic carbocycles. The van der Waals surface area contributed by atoms with E-state index in [1.54, 1.807) is 7.05 Å². The van der Waals surface area contributed by atoms with Gasteiger partial charge in [0, 0.05) is 25.7 Å². The third-order valence-corrected chi connectivity index (χ3v) is 2.83. The maximum absolute atomic E-state index is 11.9. The van der Waals surface area contributed by atoms with E-state index in [0.717, 1.165) is 19.5 Å². The van der Waals surface area contributed by atoms with Crippen molar-refractivity contribution >= 4 is 11.6 Å². The predicted molar refractivity (Wildman–Crippen MR) is 60.8 cm³/mol. The van der Waals surface area contributed by atoms with Gasteiger partial charge in [-0.2, -0.15) is 0 Å². The maximum atomic E-state index is 11.9. The van der Waals surface area contributed by atoms with Gasteiger partial charge in [0.05, 0.1) is 11.1 Å². The van der Waals surface area contributed by atoms with Crippen LogP contribution in [0.15, 0.2) is 12.3 Å². The van der Waals surface area contributed by atoms with Gasteiger partial charge in [0.1, 0.15) is 5.69 Å². The Balaban J connectivity index is 2.10. The minimum absolute atomic E-state index is 0.0674. The van der Waals surface area contributed by atoms with Crippen molar-refractivity contribution < 1.29 is 9.72 Å². The van der Waals surface area contributed by atoms with E-state index in [4.69, 9.17) is 0 Å². The first-order valence-corrected chi connectivity index (χ1v) is 5.40. The normalized spacial score (nSPS) is 19.2. The molecule has 1 atom stereocenters. The van der Waals surface area contributed by atoms with Gasteiger partial charge < -0.3 is 15.2 Å². The van der Waals surface area contributed by atoms with Crippen LogP contribution >= 0.6 is 0 Å². The van der Waals surface area contributed by atoms with Gasteiger partial charge in [-0.25, -0.2) is 0 Å². The van der Waals surface area contributed by atoms with Gasteiger partial charge in [-0.1, -0.05) is 0 Å². The number of amides is 1. The summed E-state index contributed by atoms with van der Waals surface area (Å²) in [6.45, 7) is 1.64. The summed E-state index contributed by atoms with van der Waals surface area (Å²) in [4.78, 5) is 22.0. The molecule has 1 aliphatic heterocycles. The Morgan fingerprint density at radius 1 is 1.71 bits per heavy atom. The number of nitrogens with zero attached hydrogens (tertiary/aromatic N) is 2. The zero-order valence-electron chi connectivity index (χ0n) is 9.47. The lowest BCUT2D eigenvalue weighted by atomic mass is 10.2. The van der Waals surface area contributed by atoms with Crippen molar-refractivity contribution in [3.05, 3.63) is 28.1 Å². The Labute approximate surface area is 97.9 Å². The molecule has 1 aromatic heterocycles. The SMILES string of the molecule is Cn1cc([N+](=O)[O-])cc1C(=O)NC1CCNC1. The number of aromatic nitrogens is 1. The van der Waals surface area contributed by atoms with Crippen LogP contribution in [0.5, 0.6) is 0 Å². The van der Waals surface area contributed by atoms with E-state index >= 15 is 0 Å². The van der Waals surface area contributed by atoms with Gasteiger partial charge in [-0.05, 0) is 13.0 Å². The smallest absolute Gasteiger partial charge is 0.287 e. The van der Waals surface area contributed by atoms with Crippen LogP contribution in [0.1, 0.15) is 16.9 Å². The number of carbonyl (C=O) groups excluding carboxylic acids is 1. The Morgan fingerprint density at radius 3 is 3.00 bits per heavy atom. The molecule has 0 radical (unpaired) electrons. The third kappa shape index (κ3) is 2.44. The molecule has 1 amide bonds. The summed E-state index contributed by atoms with van der Waals surface area (Å²) in [5.41, 5.74) is 0.241. The molecule has 2 rings (SSSR count). The van der Waals surface area contributed by atoms with Crippen LogP contribution in [-0.4, -0.2) is 34.5 Å². The van der Waals surface area contributed by atoms with E-state index in [2.05, 4.69) is 10.6 Å². The number of nitrogens with one attached hydrogen (secondary N) is 2. The number of aryl methyl sites for hydroxylation is 1. The summed E-state index contributed by atoms with van der Waals surface area (Å²) in [6.07, 6.45) is 2.22. The third-order valence-electron chi connectivity index (χ3n) is 2.83. The Hall–Kier alpha value is -1.89. The fraction of sp³-hybridized carbons (Fsp3) is 0.500. The first kappa shape index (κ1) is 11.6. The molecule has 2 heterocycles. The lowest BCUT2D eigenvalue weighted by molar-refractivity contribution is -0.384. The number of hydrogen-bond donors (Lipinski definition) is 2. The largest absolute Gasteiger partial charge is 0.347 e. The molecular formula is C10H14N4O3. The monoisotopic (exact) mass is 238 g/mol. The highest BCUT2D eigenvalue weighted by Crippen LogP contribution is 2.15. The minimum Gasteiger partial charge on any atom is -0.347 e. The molecule has 2 N–H and O–H groups in total. The summed E-state index contributed by atoms with van der Waals surface area (Å²) in [5, 5.41) is 16.6. The van der Waals surface area contributed by atoms with Gasteiger partial charge in [0.2, 0.25) is 0 Å². The highest BCUT2D eigenvalue weighted by atomic mass is 16.6. The molecule has 7 heteroatoms. The van der Waals surface area contributed by atoms with Gasteiger partial charge in [0.15, 0.2) is 0 Å². The molecule has 92 valence electrons. The van der Waals surface area contributed by atoms with Crippen molar-refractivity contribution in [3.8, 4) is 0 Å². The molecule has 0 spiro atoms. The minimum atomic E-state index is -0.506. The van der Waals surface area contributed by atoms with Crippen molar-refractivity contribution in [1.82, 2.24) is 15.2 Å². The van der Waals surface area contributed by atoms with Crippen LogP contribution in [0, 0.1) is 10.1 Å². The second-order valence-corrected chi connectivity index (χ2v) is 4.11. The van der Waals surface area contributed by atoms with E-state index in [0.29, 0.717) is 5.69 Å². The van der Waals surface area contributed by atoms with Gasteiger partial charge in [-0.15, -0.1) is 0 Å². The fourth-order valence-electron chi connectivity index (χ4n) is 1.91. The Bertz CT molecular complexity index is 448. The van der Waals surface area contributed by atoms with Crippen LogP contribution in [-0.2, 0) is 7.05 Å². The van der Waals surface area contributed by atoms with Crippen molar-refractivity contribution in [1.29, 1.82) is 0 Å². The first-order valence-electron chi connectivity index (χ1n) is 5.40. The molecule has 0 aliphatic carbocycles. The van der Waals surface area contributed by atoms with Crippen LogP contribution in [0.4, 0.5) is 5.69 Å². The molecular weight excluding hydrogens is 224 g/mol. The second-order valence-electron chi connectivity index (χ2n) is 4.11. The molecule has 0 bridgehead atoms. The standard InChI is InChI=1S/C10H14N4O3/c1-13-6-8(14(16)17)4-9(13)10(15)12-7-2-3-11-5-7/h4,6-7,11H,2-3,5H2,1H3,(H,12,15). The Morgan fingerprint density at radius 2 is 2.47 bits per heavy atom. The van der Waals surface area contributed by atoms with E-state index in [-0.39, 0.29) is 17.6 Å². The molecule has 1 fully saturated rings. The summed E-state index contributed by atoms with van der Waals surface area (Å²) < 4.78 is 1.47. The van der Waals surface area contributed by atoms with E-state index in [9.17, 15) is 14.9 Å². The average molecular weight is 238 g/mol. The quantitative estimate of drug-likeness (QED) is 0.574. The van der Waals surface area contributed by atoms with Crippen molar-refractivity contribution in [2.75, 3.05) is 13.1 Å². The number of nitro groups is 1. The van der Waals surface area contributed by atoms with Crippen LogP contribution in [0.25, 0.3) is 0 Å². The molecule has 7 nitrogen and oxygen atoms in total. The van der Waals surface area contributed by atoms with Gasteiger partial charge in [-0.3, -0.25) is 14.9 Å². The Kier molecular flexibility index (Phi) is 3.10. The molecule has 0 saturated carbocycles. The predicted octanol–water partition coefficient (Wildman–Crippen LogP) is 0.0250. The highest BCUT2D eigenvalue weighted by molar-refractivity contribution is 5.93. The zero-order chi connectivity index (χ0) is 12.4. The first-order chi connectivity index (χ1) is 8.08. The van der Waals surface area contributed by atoms with Gasteiger partial charge >= 0.3 is 0 Å². The van der Waals surface area contributed by atoms with E-state index < -0.39 is 4.92 Å². The van der Waals surface area contributed by atoms with Crippen molar-refractivity contribution in [3.63, 3.8) is 0 Å². The highest BCUT2D eigenvalue weighted by Gasteiger charge is 2.21. The number of rotatable bonds is 3. The number of carbonyl (C=O) groups is 1. The lowest BCUT2D eigenvalue weighted by Crippen LogP contribution is -2.37. The van der Waals surface area contributed by atoms with Crippen LogP contribution in [0.2, 0.25) is 0 Å². The van der Waals surface area contributed by atoms with Crippen LogP contribution < -0.4 is 10.6 Å². The molecule has 1 saturated heterocycles. The van der Waals surface area contributed by atoms with Crippen molar-refractivity contribution in [2.24, 2.45) is 7.05 Å². The summed E-state index contributed by atoms with van der Waals surface area (Å²) >= 11 is 0. The lowest BCUT2D eigenvalue weighted by Gasteiger charge is -2.11.